The second-order valence-corrected chi connectivity index (χ2v) is 7.19. The lowest BCUT2D eigenvalue weighted by molar-refractivity contribution is 0.102. The van der Waals surface area contributed by atoms with Crippen LogP contribution >= 0.6 is 23.4 Å². The molecule has 0 spiro atoms. The van der Waals surface area contributed by atoms with Crippen molar-refractivity contribution in [1.82, 2.24) is 0 Å². The maximum Gasteiger partial charge on any atom is 0.255 e. The third kappa shape index (κ3) is 4.01. The Kier molecular flexibility index (Phi) is 5.12. The number of anilines is 1. The lowest BCUT2D eigenvalue weighted by atomic mass is 10.2. The monoisotopic (exact) mass is 356 g/mol. The first-order chi connectivity index (χ1) is 10.3. The average molecular weight is 357 g/mol. The molecule has 2 aromatic rings. The number of hydrogen-bond acceptors (Lipinski definition) is 4. The zero-order chi connectivity index (χ0) is 16.3. The number of sulfonamides is 1. The number of benzene rings is 2. The molecule has 0 unspecified atom stereocenters. The molecule has 0 fully saturated rings. The number of halogens is 1. The summed E-state index contributed by atoms with van der Waals surface area (Å²) in [6, 6.07) is 11.2. The van der Waals surface area contributed by atoms with Gasteiger partial charge in [-0.15, -0.1) is 11.8 Å². The second kappa shape index (κ2) is 6.70. The molecule has 3 N–H and O–H groups in total. The van der Waals surface area contributed by atoms with Crippen LogP contribution < -0.4 is 10.5 Å². The summed E-state index contributed by atoms with van der Waals surface area (Å²) in [6.45, 7) is 0. The van der Waals surface area contributed by atoms with Crippen LogP contribution in [0.25, 0.3) is 0 Å². The quantitative estimate of drug-likeness (QED) is 0.824. The van der Waals surface area contributed by atoms with E-state index in [1.54, 1.807) is 17.8 Å². The van der Waals surface area contributed by atoms with E-state index in [0.717, 1.165) is 11.0 Å². The molecule has 8 heteroatoms. The highest BCUT2D eigenvalue weighted by Crippen LogP contribution is 2.23. The van der Waals surface area contributed by atoms with Crippen LogP contribution in [0.15, 0.2) is 52.3 Å². The Hall–Kier alpha value is -1.54. The van der Waals surface area contributed by atoms with Crippen LogP contribution in [0.3, 0.4) is 0 Å². The second-order valence-electron chi connectivity index (χ2n) is 4.38. The van der Waals surface area contributed by atoms with Crippen molar-refractivity contribution in [3.8, 4) is 0 Å². The summed E-state index contributed by atoms with van der Waals surface area (Å²) < 4.78 is 22.9. The Balaban J connectivity index is 2.30. The number of nitrogens with two attached hydrogens (primary N) is 1. The Labute approximate surface area is 137 Å². The van der Waals surface area contributed by atoms with Crippen LogP contribution in [0.2, 0.25) is 5.02 Å². The van der Waals surface area contributed by atoms with Crippen molar-refractivity contribution in [3.05, 3.63) is 53.1 Å². The van der Waals surface area contributed by atoms with E-state index in [9.17, 15) is 13.2 Å². The Bertz CT molecular complexity index is 823. The molecular formula is C14H13ClN2O3S2. The molecule has 0 aliphatic rings. The van der Waals surface area contributed by atoms with E-state index in [1.807, 2.05) is 24.5 Å². The highest BCUT2D eigenvalue weighted by Gasteiger charge is 2.16. The molecule has 0 bridgehead atoms. The number of hydrogen-bond donors (Lipinski definition) is 2. The minimum Gasteiger partial charge on any atom is -0.322 e. The first-order valence-corrected chi connectivity index (χ1v) is 9.24. The van der Waals surface area contributed by atoms with E-state index in [2.05, 4.69) is 5.32 Å². The maximum atomic E-state index is 12.2. The first-order valence-electron chi connectivity index (χ1n) is 6.09. The van der Waals surface area contributed by atoms with Crippen LogP contribution in [-0.2, 0) is 10.0 Å². The molecule has 0 aromatic heterocycles. The topological polar surface area (TPSA) is 89.3 Å². The maximum absolute atomic E-state index is 12.2. The molecule has 2 aromatic carbocycles. The van der Waals surface area contributed by atoms with Gasteiger partial charge in [-0.25, -0.2) is 13.6 Å². The van der Waals surface area contributed by atoms with Crippen LogP contribution in [-0.4, -0.2) is 20.6 Å². The van der Waals surface area contributed by atoms with Gasteiger partial charge in [-0.2, -0.15) is 0 Å². The first kappa shape index (κ1) is 16.8. The molecule has 2 rings (SSSR count). The molecule has 0 atom stereocenters. The predicted molar refractivity (Wildman–Crippen MR) is 89.0 cm³/mol. The molecule has 0 saturated heterocycles. The molecule has 0 aliphatic carbocycles. The Morgan fingerprint density at radius 3 is 2.59 bits per heavy atom. The van der Waals surface area contributed by atoms with Gasteiger partial charge >= 0.3 is 0 Å². The summed E-state index contributed by atoms with van der Waals surface area (Å²) in [4.78, 5) is 12.9. The molecule has 0 radical (unpaired) electrons. The van der Waals surface area contributed by atoms with Crippen LogP contribution in [0.5, 0.6) is 0 Å². The van der Waals surface area contributed by atoms with Gasteiger partial charge in [-0.05, 0) is 42.7 Å². The molecule has 116 valence electrons. The lowest BCUT2D eigenvalue weighted by Gasteiger charge is -2.08. The van der Waals surface area contributed by atoms with Gasteiger partial charge in [-0.3, -0.25) is 4.79 Å². The fraction of sp³-hybridized carbons (Fsp3) is 0.0714. The largest absolute Gasteiger partial charge is 0.322 e. The summed E-state index contributed by atoms with van der Waals surface area (Å²) in [5.41, 5.74) is 0.770. The van der Waals surface area contributed by atoms with Crippen molar-refractivity contribution in [3.63, 3.8) is 0 Å². The standard InChI is InChI=1S/C14H13ClN2O3S2/c1-21-11-4-2-3-10(8-11)17-14(18)9-5-6-12(15)13(7-9)22(16,19)20/h2-8H,1H3,(H,17,18)(H2,16,19,20). The minimum atomic E-state index is -3.99. The van der Waals surface area contributed by atoms with Gasteiger partial charge in [0.05, 0.1) is 5.02 Å². The van der Waals surface area contributed by atoms with E-state index in [0.29, 0.717) is 5.69 Å². The van der Waals surface area contributed by atoms with Crippen LogP contribution in [0, 0.1) is 0 Å². The zero-order valence-corrected chi connectivity index (χ0v) is 13.9. The summed E-state index contributed by atoms with van der Waals surface area (Å²) in [5.74, 6) is -0.445. The van der Waals surface area contributed by atoms with Gasteiger partial charge in [0.25, 0.3) is 5.91 Å². The predicted octanol–water partition coefficient (Wildman–Crippen LogP) is 2.96. The van der Waals surface area contributed by atoms with E-state index in [1.165, 1.54) is 12.1 Å². The normalized spacial score (nSPS) is 11.2. The molecular weight excluding hydrogens is 344 g/mol. The van der Waals surface area contributed by atoms with E-state index in [4.69, 9.17) is 16.7 Å². The van der Waals surface area contributed by atoms with Crippen molar-refractivity contribution < 1.29 is 13.2 Å². The molecule has 0 heterocycles. The number of carbonyl (C=O) groups is 1. The summed E-state index contributed by atoms with van der Waals surface area (Å²) in [7, 11) is -3.99. The Morgan fingerprint density at radius 1 is 1.23 bits per heavy atom. The van der Waals surface area contributed by atoms with Crippen LogP contribution in [0.1, 0.15) is 10.4 Å². The Morgan fingerprint density at radius 2 is 1.95 bits per heavy atom. The van der Waals surface area contributed by atoms with E-state index < -0.39 is 15.9 Å². The summed E-state index contributed by atoms with van der Waals surface area (Å²) in [5, 5.41) is 7.75. The highest BCUT2D eigenvalue weighted by atomic mass is 35.5. The van der Waals surface area contributed by atoms with Crippen LogP contribution in [0.4, 0.5) is 5.69 Å². The zero-order valence-electron chi connectivity index (χ0n) is 11.5. The summed E-state index contributed by atoms with van der Waals surface area (Å²) >= 11 is 7.34. The van der Waals surface area contributed by atoms with Crippen molar-refractivity contribution in [2.75, 3.05) is 11.6 Å². The molecule has 0 saturated carbocycles. The number of amides is 1. The van der Waals surface area contributed by atoms with Gasteiger partial charge < -0.3 is 5.32 Å². The van der Waals surface area contributed by atoms with E-state index in [-0.39, 0.29) is 15.5 Å². The number of primary sulfonamides is 1. The minimum absolute atomic E-state index is 0.0246. The SMILES string of the molecule is CSc1cccc(NC(=O)c2ccc(Cl)c(S(N)(=O)=O)c2)c1. The molecule has 1 amide bonds. The molecule has 0 aliphatic heterocycles. The van der Waals surface area contributed by atoms with Crippen molar-refractivity contribution in [2.45, 2.75) is 9.79 Å². The molecule has 22 heavy (non-hydrogen) atoms. The number of thioether (sulfide) groups is 1. The smallest absolute Gasteiger partial charge is 0.255 e. The van der Waals surface area contributed by atoms with Gasteiger partial charge in [0.1, 0.15) is 4.90 Å². The lowest BCUT2D eigenvalue weighted by Crippen LogP contribution is -2.16. The van der Waals surface area contributed by atoms with Gasteiger partial charge in [0.2, 0.25) is 10.0 Å². The van der Waals surface area contributed by atoms with Crippen molar-refractivity contribution in [2.24, 2.45) is 5.14 Å². The molecule has 5 nitrogen and oxygen atoms in total. The van der Waals surface area contributed by atoms with E-state index >= 15 is 0 Å². The van der Waals surface area contributed by atoms with Crippen molar-refractivity contribution in [1.29, 1.82) is 0 Å². The van der Waals surface area contributed by atoms with Gasteiger partial charge in [0, 0.05) is 16.1 Å². The van der Waals surface area contributed by atoms with Gasteiger partial charge in [-0.1, -0.05) is 17.7 Å². The third-order valence-electron chi connectivity index (χ3n) is 2.83. The number of nitrogens with one attached hydrogen (secondary N) is 1. The number of carbonyl (C=O) groups excluding carboxylic acids is 1. The highest BCUT2D eigenvalue weighted by molar-refractivity contribution is 7.98. The average Bonchev–Trinajstić information content (AvgIpc) is 2.46. The fourth-order valence-corrected chi connectivity index (χ4v) is 3.30. The summed E-state index contributed by atoms with van der Waals surface area (Å²) in [6.07, 6.45) is 1.93. The number of rotatable bonds is 4. The third-order valence-corrected chi connectivity index (χ3v) is 4.95. The fourth-order valence-electron chi connectivity index (χ4n) is 1.77. The van der Waals surface area contributed by atoms with Gasteiger partial charge in [0.15, 0.2) is 0 Å². The van der Waals surface area contributed by atoms with Crippen molar-refractivity contribution >= 4 is 45.0 Å².